The zero-order chi connectivity index (χ0) is 15.2. The van der Waals surface area contributed by atoms with E-state index in [4.69, 9.17) is 16.6 Å². The van der Waals surface area contributed by atoms with Gasteiger partial charge in [0.1, 0.15) is 11.5 Å². The quantitative estimate of drug-likeness (QED) is 0.441. The molecule has 0 aliphatic carbocycles. The molecule has 1 heterocycles. The first-order chi connectivity index (χ1) is 10.1. The van der Waals surface area contributed by atoms with Crippen LogP contribution in [0.3, 0.4) is 0 Å². The van der Waals surface area contributed by atoms with Gasteiger partial charge in [-0.1, -0.05) is 0 Å². The van der Waals surface area contributed by atoms with E-state index < -0.39 is 4.92 Å². The Bertz CT molecular complexity index is 643. The third-order valence-corrected chi connectivity index (χ3v) is 3.01. The molecule has 7 nitrogen and oxygen atoms in total. The van der Waals surface area contributed by atoms with Crippen molar-refractivity contribution in [1.82, 2.24) is 10.6 Å². The predicted octanol–water partition coefficient (Wildman–Crippen LogP) is 2.06. The zero-order valence-corrected chi connectivity index (χ0v) is 11.7. The van der Waals surface area contributed by atoms with Crippen molar-refractivity contribution in [3.05, 3.63) is 58.0 Å². The Morgan fingerprint density at radius 1 is 1.33 bits per heavy atom. The lowest BCUT2D eigenvalue weighted by molar-refractivity contribution is -0.384. The van der Waals surface area contributed by atoms with Crippen LogP contribution in [0, 0.1) is 10.1 Å². The minimum absolute atomic E-state index is 0.0260. The van der Waals surface area contributed by atoms with E-state index in [1.54, 1.807) is 12.3 Å². The molecule has 0 aliphatic rings. The molecule has 2 aromatic rings. The fourth-order valence-electron chi connectivity index (χ4n) is 1.65. The predicted molar refractivity (Wildman–Crippen MR) is 79.7 cm³/mol. The molecule has 8 heteroatoms. The average Bonchev–Trinajstić information content (AvgIpc) is 2.97. The molecule has 1 aromatic carbocycles. The first-order valence-corrected chi connectivity index (χ1v) is 6.47. The fourth-order valence-corrected chi connectivity index (χ4v) is 1.79. The van der Waals surface area contributed by atoms with Crippen LogP contribution in [0.5, 0.6) is 5.75 Å². The monoisotopic (exact) mass is 307 g/mol. The highest BCUT2D eigenvalue weighted by Gasteiger charge is 2.10. The molecular formula is C13H13N3O4S. The van der Waals surface area contributed by atoms with Gasteiger partial charge in [-0.25, -0.2) is 0 Å². The number of nitrogens with zero attached hydrogens (tertiary/aromatic N) is 1. The van der Waals surface area contributed by atoms with Crippen LogP contribution in [0.25, 0.3) is 0 Å². The third kappa shape index (κ3) is 4.18. The van der Waals surface area contributed by atoms with Crippen LogP contribution in [0.1, 0.15) is 11.3 Å². The Balaban J connectivity index is 1.88. The molecule has 21 heavy (non-hydrogen) atoms. The molecule has 0 radical (unpaired) electrons. The van der Waals surface area contributed by atoms with Gasteiger partial charge in [0.25, 0.3) is 5.69 Å². The molecule has 1 aromatic heterocycles. The number of rotatable bonds is 5. The van der Waals surface area contributed by atoms with Crippen LogP contribution in [0.15, 0.2) is 41.0 Å². The summed E-state index contributed by atoms with van der Waals surface area (Å²) < 4.78 is 5.14. The maximum absolute atomic E-state index is 10.7. The van der Waals surface area contributed by atoms with Crippen LogP contribution in [-0.2, 0) is 13.1 Å². The van der Waals surface area contributed by atoms with E-state index in [1.807, 2.05) is 6.07 Å². The van der Waals surface area contributed by atoms with Gasteiger partial charge < -0.3 is 20.2 Å². The van der Waals surface area contributed by atoms with E-state index in [0.717, 1.165) is 5.76 Å². The number of hydrogen-bond donors (Lipinski definition) is 3. The van der Waals surface area contributed by atoms with Gasteiger partial charge in [0.15, 0.2) is 5.11 Å². The molecule has 0 spiro atoms. The van der Waals surface area contributed by atoms with Gasteiger partial charge in [0.2, 0.25) is 0 Å². The first-order valence-electron chi connectivity index (χ1n) is 6.06. The van der Waals surface area contributed by atoms with Gasteiger partial charge in [0.05, 0.1) is 17.7 Å². The zero-order valence-electron chi connectivity index (χ0n) is 10.9. The van der Waals surface area contributed by atoms with Gasteiger partial charge in [-0.05, 0) is 30.4 Å². The maximum atomic E-state index is 10.7. The van der Waals surface area contributed by atoms with Gasteiger partial charge >= 0.3 is 0 Å². The second-order valence-electron chi connectivity index (χ2n) is 4.19. The van der Waals surface area contributed by atoms with Crippen molar-refractivity contribution in [2.45, 2.75) is 13.1 Å². The number of phenolic OH excluding ortho intramolecular Hbond substituents is 1. The lowest BCUT2D eigenvalue weighted by Gasteiger charge is -2.10. The Hall–Kier alpha value is -2.61. The first kappa shape index (κ1) is 14.8. The Labute approximate surface area is 125 Å². The second kappa shape index (κ2) is 6.71. The Kier molecular flexibility index (Phi) is 4.72. The van der Waals surface area contributed by atoms with Crippen molar-refractivity contribution in [2.24, 2.45) is 0 Å². The van der Waals surface area contributed by atoms with Crippen LogP contribution >= 0.6 is 12.2 Å². The largest absolute Gasteiger partial charge is 0.508 e. The summed E-state index contributed by atoms with van der Waals surface area (Å²) in [6, 6.07) is 7.41. The van der Waals surface area contributed by atoms with Crippen LogP contribution < -0.4 is 10.6 Å². The molecule has 0 saturated heterocycles. The SMILES string of the molecule is O=[N+]([O-])c1ccc(O)c(CNC(=S)NCc2ccco2)c1. The summed E-state index contributed by atoms with van der Waals surface area (Å²) in [5, 5.41) is 26.5. The van der Waals surface area contributed by atoms with Crippen molar-refractivity contribution in [3.63, 3.8) is 0 Å². The van der Waals surface area contributed by atoms with Crippen molar-refractivity contribution in [1.29, 1.82) is 0 Å². The highest BCUT2D eigenvalue weighted by atomic mass is 32.1. The number of hydrogen-bond acceptors (Lipinski definition) is 5. The molecule has 0 unspecified atom stereocenters. The summed E-state index contributed by atoms with van der Waals surface area (Å²) in [6.45, 7) is 0.608. The summed E-state index contributed by atoms with van der Waals surface area (Å²) in [7, 11) is 0. The number of nitro benzene ring substituents is 1. The normalized spacial score (nSPS) is 10.1. The third-order valence-electron chi connectivity index (χ3n) is 2.72. The van der Waals surface area contributed by atoms with Gasteiger partial charge in [0, 0.05) is 24.2 Å². The highest BCUT2D eigenvalue weighted by molar-refractivity contribution is 7.80. The summed E-state index contributed by atoms with van der Waals surface area (Å²) in [6.07, 6.45) is 1.56. The Morgan fingerprint density at radius 2 is 2.10 bits per heavy atom. The van der Waals surface area contributed by atoms with E-state index in [9.17, 15) is 15.2 Å². The number of nitro groups is 1. The highest BCUT2D eigenvalue weighted by Crippen LogP contribution is 2.22. The fraction of sp³-hybridized carbons (Fsp3) is 0.154. The number of furan rings is 1. The summed E-state index contributed by atoms with van der Waals surface area (Å²) in [5.74, 6) is 0.708. The molecule has 0 amide bonds. The molecule has 2 rings (SSSR count). The molecule has 0 saturated carbocycles. The van der Waals surface area contributed by atoms with Crippen LogP contribution in [0.4, 0.5) is 5.69 Å². The number of aromatic hydroxyl groups is 1. The molecule has 3 N–H and O–H groups in total. The topological polar surface area (TPSA) is 101 Å². The molecule has 0 atom stereocenters. The van der Waals surface area contributed by atoms with E-state index in [0.29, 0.717) is 17.2 Å². The van der Waals surface area contributed by atoms with Crippen molar-refractivity contribution < 1.29 is 14.4 Å². The lowest BCUT2D eigenvalue weighted by atomic mass is 10.2. The minimum atomic E-state index is -0.517. The van der Waals surface area contributed by atoms with Gasteiger partial charge in [-0.3, -0.25) is 10.1 Å². The van der Waals surface area contributed by atoms with Gasteiger partial charge in [-0.2, -0.15) is 0 Å². The number of phenols is 1. The number of benzene rings is 1. The lowest BCUT2D eigenvalue weighted by Crippen LogP contribution is -2.34. The van der Waals surface area contributed by atoms with E-state index in [-0.39, 0.29) is 18.0 Å². The average molecular weight is 307 g/mol. The standard InChI is InChI=1S/C13H13N3O4S/c17-12-4-3-10(16(18)19)6-9(12)7-14-13(21)15-8-11-2-1-5-20-11/h1-6,17H,7-8H2,(H2,14,15,21). The van der Waals surface area contributed by atoms with Crippen molar-refractivity contribution in [3.8, 4) is 5.75 Å². The van der Waals surface area contributed by atoms with Gasteiger partial charge in [-0.15, -0.1) is 0 Å². The maximum Gasteiger partial charge on any atom is 0.270 e. The Morgan fingerprint density at radius 3 is 2.76 bits per heavy atom. The number of non-ortho nitro benzene ring substituents is 1. The molecule has 0 fully saturated rings. The molecular weight excluding hydrogens is 294 g/mol. The van der Waals surface area contributed by atoms with E-state index in [2.05, 4.69) is 10.6 Å². The second-order valence-corrected chi connectivity index (χ2v) is 4.59. The smallest absolute Gasteiger partial charge is 0.270 e. The number of thiocarbonyl (C=S) groups is 1. The minimum Gasteiger partial charge on any atom is -0.508 e. The van der Waals surface area contributed by atoms with Crippen molar-refractivity contribution >= 4 is 23.0 Å². The molecule has 110 valence electrons. The van der Waals surface area contributed by atoms with E-state index in [1.165, 1.54) is 18.2 Å². The molecule has 0 aliphatic heterocycles. The molecule has 0 bridgehead atoms. The van der Waals surface area contributed by atoms with E-state index >= 15 is 0 Å². The summed E-state index contributed by atoms with van der Waals surface area (Å²) in [5.41, 5.74) is 0.311. The number of nitrogens with one attached hydrogen (secondary N) is 2. The van der Waals surface area contributed by atoms with Crippen LogP contribution in [-0.4, -0.2) is 15.1 Å². The van der Waals surface area contributed by atoms with Crippen molar-refractivity contribution in [2.75, 3.05) is 0 Å². The summed E-state index contributed by atoms with van der Waals surface area (Å²) in [4.78, 5) is 10.2. The van der Waals surface area contributed by atoms with Crippen LogP contribution in [0.2, 0.25) is 0 Å². The summed E-state index contributed by atoms with van der Waals surface area (Å²) >= 11 is 5.07.